The summed E-state index contributed by atoms with van der Waals surface area (Å²) in [6, 6.07) is 12.7. The Hall–Kier alpha value is -1.51. The number of hydrogen-bond donors (Lipinski definition) is 1. The fraction of sp³-hybridized carbons (Fsp3) is 0.333. The summed E-state index contributed by atoms with van der Waals surface area (Å²) in [7, 11) is 1.69. The van der Waals surface area contributed by atoms with Crippen molar-refractivity contribution in [3.8, 4) is 16.9 Å². The molecule has 0 spiro atoms. The molecule has 3 heteroatoms. The van der Waals surface area contributed by atoms with Gasteiger partial charge >= 0.3 is 0 Å². The lowest BCUT2D eigenvalue weighted by Crippen LogP contribution is -2.22. The first-order valence-corrected chi connectivity index (χ1v) is 7.56. The van der Waals surface area contributed by atoms with E-state index in [-0.39, 0.29) is 0 Å². The van der Waals surface area contributed by atoms with Crippen LogP contribution in [0.3, 0.4) is 0 Å². The van der Waals surface area contributed by atoms with Crippen molar-refractivity contribution in [2.75, 3.05) is 7.11 Å². The molecule has 0 aliphatic rings. The van der Waals surface area contributed by atoms with Gasteiger partial charge in [-0.25, -0.2) is 0 Å². The summed E-state index contributed by atoms with van der Waals surface area (Å²) in [4.78, 5) is 0. The molecule has 2 nitrogen and oxygen atoms in total. The van der Waals surface area contributed by atoms with Gasteiger partial charge in [-0.05, 0) is 53.4 Å². The van der Waals surface area contributed by atoms with Crippen LogP contribution in [-0.2, 0) is 6.54 Å². The van der Waals surface area contributed by atoms with E-state index in [2.05, 4.69) is 44.3 Å². The van der Waals surface area contributed by atoms with E-state index in [4.69, 9.17) is 16.3 Å². The largest absolute Gasteiger partial charge is 0.497 e. The monoisotopic (exact) mass is 303 g/mol. The molecule has 0 heterocycles. The number of aryl methyl sites for hydroxylation is 1. The zero-order valence-corrected chi connectivity index (χ0v) is 13.8. The molecule has 0 aliphatic carbocycles. The van der Waals surface area contributed by atoms with Crippen LogP contribution in [0, 0.1) is 6.92 Å². The number of benzene rings is 2. The highest BCUT2D eigenvalue weighted by Crippen LogP contribution is 2.31. The second-order valence-corrected chi connectivity index (χ2v) is 5.95. The number of ether oxygens (including phenoxy) is 1. The van der Waals surface area contributed by atoms with Crippen molar-refractivity contribution in [1.29, 1.82) is 0 Å². The van der Waals surface area contributed by atoms with Gasteiger partial charge in [-0.1, -0.05) is 37.6 Å². The van der Waals surface area contributed by atoms with Crippen LogP contribution < -0.4 is 10.1 Å². The second kappa shape index (κ2) is 6.97. The minimum atomic E-state index is 0.450. The van der Waals surface area contributed by atoms with Gasteiger partial charge < -0.3 is 10.1 Å². The second-order valence-electron chi connectivity index (χ2n) is 5.52. The molecule has 2 aromatic rings. The molecule has 0 amide bonds. The van der Waals surface area contributed by atoms with Crippen LogP contribution in [0.4, 0.5) is 0 Å². The number of methoxy groups -OCH3 is 1. The molecule has 0 radical (unpaired) electrons. The van der Waals surface area contributed by atoms with Crippen molar-refractivity contribution in [2.24, 2.45) is 0 Å². The first kappa shape index (κ1) is 15.9. The maximum atomic E-state index is 6.20. The van der Waals surface area contributed by atoms with E-state index in [0.717, 1.165) is 17.3 Å². The lowest BCUT2D eigenvalue weighted by Gasteiger charge is -2.15. The molecular formula is C18H22ClNO. The third-order valence-electron chi connectivity index (χ3n) is 3.50. The van der Waals surface area contributed by atoms with Crippen molar-refractivity contribution in [3.63, 3.8) is 0 Å². The zero-order chi connectivity index (χ0) is 15.4. The SMILES string of the molecule is COc1ccc(-c2cc(Cl)ccc2CNC(C)C)c(C)c1. The summed E-state index contributed by atoms with van der Waals surface area (Å²) >= 11 is 6.20. The van der Waals surface area contributed by atoms with Crippen LogP contribution in [0.1, 0.15) is 25.0 Å². The van der Waals surface area contributed by atoms with E-state index in [1.165, 1.54) is 22.3 Å². The molecule has 0 aliphatic heterocycles. The lowest BCUT2D eigenvalue weighted by molar-refractivity contribution is 0.414. The third kappa shape index (κ3) is 3.99. The summed E-state index contributed by atoms with van der Waals surface area (Å²) < 4.78 is 5.28. The van der Waals surface area contributed by atoms with E-state index in [1.807, 2.05) is 18.2 Å². The molecule has 0 saturated carbocycles. The molecule has 0 fully saturated rings. The molecular weight excluding hydrogens is 282 g/mol. The van der Waals surface area contributed by atoms with Crippen molar-refractivity contribution >= 4 is 11.6 Å². The van der Waals surface area contributed by atoms with Gasteiger partial charge in [0.25, 0.3) is 0 Å². The Kier molecular flexibility index (Phi) is 5.27. The van der Waals surface area contributed by atoms with Gasteiger partial charge in [0.1, 0.15) is 5.75 Å². The molecule has 112 valence electrons. The van der Waals surface area contributed by atoms with E-state index < -0.39 is 0 Å². The molecule has 2 aromatic carbocycles. The minimum Gasteiger partial charge on any atom is -0.497 e. The van der Waals surface area contributed by atoms with Gasteiger partial charge in [0.05, 0.1) is 7.11 Å². The van der Waals surface area contributed by atoms with Crippen molar-refractivity contribution in [1.82, 2.24) is 5.32 Å². The van der Waals surface area contributed by atoms with Gasteiger partial charge in [0.15, 0.2) is 0 Å². The molecule has 1 N–H and O–H groups in total. The summed E-state index contributed by atoms with van der Waals surface area (Å²) in [6.07, 6.45) is 0. The predicted octanol–water partition coefficient (Wildman–Crippen LogP) is 4.82. The smallest absolute Gasteiger partial charge is 0.119 e. The molecule has 2 rings (SSSR count). The number of halogens is 1. The molecule has 0 aromatic heterocycles. The van der Waals surface area contributed by atoms with Crippen LogP contribution in [0.2, 0.25) is 5.02 Å². The van der Waals surface area contributed by atoms with Gasteiger partial charge in [0.2, 0.25) is 0 Å². The average Bonchev–Trinajstić information content (AvgIpc) is 2.45. The Balaban J connectivity index is 2.44. The Morgan fingerprint density at radius 1 is 1.10 bits per heavy atom. The average molecular weight is 304 g/mol. The molecule has 0 bridgehead atoms. The van der Waals surface area contributed by atoms with Crippen LogP contribution in [0.25, 0.3) is 11.1 Å². The highest BCUT2D eigenvalue weighted by molar-refractivity contribution is 6.30. The summed E-state index contributed by atoms with van der Waals surface area (Å²) in [6.45, 7) is 7.22. The topological polar surface area (TPSA) is 21.3 Å². The summed E-state index contributed by atoms with van der Waals surface area (Å²) in [5.41, 5.74) is 4.80. The zero-order valence-electron chi connectivity index (χ0n) is 13.0. The Labute approximate surface area is 132 Å². The predicted molar refractivity (Wildman–Crippen MR) is 90.2 cm³/mol. The highest BCUT2D eigenvalue weighted by atomic mass is 35.5. The maximum Gasteiger partial charge on any atom is 0.119 e. The van der Waals surface area contributed by atoms with Crippen LogP contribution in [-0.4, -0.2) is 13.2 Å². The number of rotatable bonds is 5. The lowest BCUT2D eigenvalue weighted by atomic mass is 9.95. The first-order valence-electron chi connectivity index (χ1n) is 7.18. The first-order chi connectivity index (χ1) is 10.0. The summed E-state index contributed by atoms with van der Waals surface area (Å²) in [5.74, 6) is 0.875. The fourth-order valence-corrected chi connectivity index (χ4v) is 2.51. The normalized spacial score (nSPS) is 11.0. The van der Waals surface area contributed by atoms with E-state index in [0.29, 0.717) is 6.04 Å². The number of hydrogen-bond acceptors (Lipinski definition) is 2. The van der Waals surface area contributed by atoms with E-state index in [9.17, 15) is 0 Å². The van der Waals surface area contributed by atoms with Gasteiger partial charge in [0, 0.05) is 17.6 Å². The van der Waals surface area contributed by atoms with Crippen LogP contribution in [0.15, 0.2) is 36.4 Å². The fourth-order valence-electron chi connectivity index (χ4n) is 2.33. The Morgan fingerprint density at radius 2 is 1.86 bits per heavy atom. The standard InChI is InChI=1S/C18H22ClNO/c1-12(2)20-11-14-5-6-15(19)10-18(14)17-8-7-16(21-4)9-13(17)3/h5-10,12,20H,11H2,1-4H3. The van der Waals surface area contributed by atoms with E-state index in [1.54, 1.807) is 7.11 Å². The van der Waals surface area contributed by atoms with E-state index >= 15 is 0 Å². The van der Waals surface area contributed by atoms with Crippen molar-refractivity contribution in [3.05, 3.63) is 52.5 Å². The quantitative estimate of drug-likeness (QED) is 0.855. The molecule has 0 saturated heterocycles. The van der Waals surface area contributed by atoms with Gasteiger partial charge in [-0.3, -0.25) is 0 Å². The summed E-state index contributed by atoms with van der Waals surface area (Å²) in [5, 5.41) is 4.22. The van der Waals surface area contributed by atoms with Crippen LogP contribution in [0.5, 0.6) is 5.75 Å². The minimum absolute atomic E-state index is 0.450. The van der Waals surface area contributed by atoms with Crippen molar-refractivity contribution < 1.29 is 4.74 Å². The molecule has 0 unspecified atom stereocenters. The van der Waals surface area contributed by atoms with Gasteiger partial charge in [-0.15, -0.1) is 0 Å². The highest BCUT2D eigenvalue weighted by Gasteiger charge is 2.10. The Bertz CT molecular complexity index is 623. The number of nitrogens with one attached hydrogen (secondary N) is 1. The molecule has 0 atom stereocenters. The van der Waals surface area contributed by atoms with Crippen molar-refractivity contribution in [2.45, 2.75) is 33.4 Å². The maximum absolute atomic E-state index is 6.20. The van der Waals surface area contributed by atoms with Gasteiger partial charge in [-0.2, -0.15) is 0 Å². The Morgan fingerprint density at radius 3 is 2.48 bits per heavy atom. The third-order valence-corrected chi connectivity index (χ3v) is 3.73. The molecule has 21 heavy (non-hydrogen) atoms. The van der Waals surface area contributed by atoms with Crippen LogP contribution >= 0.6 is 11.6 Å².